The van der Waals surface area contributed by atoms with Gasteiger partial charge in [-0.1, -0.05) is 72.3 Å². The van der Waals surface area contributed by atoms with Crippen molar-refractivity contribution in [2.45, 2.75) is 38.4 Å². The highest BCUT2D eigenvalue weighted by atomic mass is 35.5. The molecule has 0 N–H and O–H groups in total. The first-order valence-corrected chi connectivity index (χ1v) is 13.0. The Morgan fingerprint density at radius 2 is 1.56 bits per heavy atom. The standard InChI is InChI=1S/C30H32ClN3O2/c1-32(20-22-7-3-2-4-8-22)29(35)24-15-17-33(18-16-24)30(36)28-19-25-9-5-6-10-27(25)34(28)21-23-11-13-26(31)14-12-23/h2-14,24,28H,15-21H2,1H3. The van der Waals surface area contributed by atoms with E-state index in [9.17, 15) is 9.59 Å². The molecule has 2 aliphatic rings. The normalized spacial score (nSPS) is 17.7. The fraction of sp³-hybridized carbons (Fsp3) is 0.333. The Labute approximate surface area is 218 Å². The molecule has 3 aromatic rings. The number of carbonyl (C=O) groups is 2. The molecule has 1 atom stereocenters. The van der Waals surface area contributed by atoms with Gasteiger partial charge in [0.1, 0.15) is 6.04 Å². The Morgan fingerprint density at radius 3 is 2.28 bits per heavy atom. The second-order valence-electron chi connectivity index (χ2n) is 9.88. The summed E-state index contributed by atoms with van der Waals surface area (Å²) in [6.07, 6.45) is 2.13. The summed E-state index contributed by atoms with van der Waals surface area (Å²) in [6.45, 7) is 2.51. The van der Waals surface area contributed by atoms with Crippen LogP contribution in [0.2, 0.25) is 5.02 Å². The quantitative estimate of drug-likeness (QED) is 0.468. The molecule has 1 unspecified atom stereocenters. The van der Waals surface area contributed by atoms with Crippen LogP contribution in [0.1, 0.15) is 29.5 Å². The van der Waals surface area contributed by atoms with E-state index in [0.29, 0.717) is 50.5 Å². The first-order chi connectivity index (χ1) is 17.5. The van der Waals surface area contributed by atoms with Crippen molar-refractivity contribution < 1.29 is 9.59 Å². The summed E-state index contributed by atoms with van der Waals surface area (Å²) >= 11 is 6.08. The van der Waals surface area contributed by atoms with Gasteiger partial charge in [0.15, 0.2) is 0 Å². The summed E-state index contributed by atoms with van der Waals surface area (Å²) in [7, 11) is 1.87. The molecular formula is C30H32ClN3O2. The Balaban J connectivity index is 1.23. The van der Waals surface area contributed by atoms with Gasteiger partial charge < -0.3 is 14.7 Å². The maximum Gasteiger partial charge on any atom is 0.245 e. The molecule has 1 saturated heterocycles. The number of likely N-dealkylation sites (tertiary alicyclic amines) is 1. The van der Waals surface area contributed by atoms with Crippen LogP contribution in [0.5, 0.6) is 0 Å². The first kappa shape index (κ1) is 24.4. The fourth-order valence-corrected chi connectivity index (χ4v) is 5.58. The number of fused-ring (bicyclic) bond motifs is 1. The molecule has 2 amide bonds. The van der Waals surface area contributed by atoms with Crippen molar-refractivity contribution in [3.05, 3.63) is 101 Å². The number of rotatable bonds is 6. The third kappa shape index (κ3) is 5.26. The summed E-state index contributed by atoms with van der Waals surface area (Å²) in [6, 6.07) is 25.9. The fourth-order valence-electron chi connectivity index (χ4n) is 5.46. The third-order valence-electron chi connectivity index (χ3n) is 7.44. The van der Waals surface area contributed by atoms with Gasteiger partial charge in [-0.05, 0) is 47.7 Å². The molecule has 0 aliphatic carbocycles. The van der Waals surface area contributed by atoms with Gasteiger partial charge in [0.25, 0.3) is 0 Å². The molecule has 5 nitrogen and oxygen atoms in total. The number of hydrogen-bond acceptors (Lipinski definition) is 3. The van der Waals surface area contributed by atoms with Crippen LogP contribution in [0.15, 0.2) is 78.9 Å². The van der Waals surface area contributed by atoms with Crippen LogP contribution in [-0.2, 0) is 29.1 Å². The van der Waals surface area contributed by atoms with E-state index >= 15 is 0 Å². The number of carbonyl (C=O) groups excluding carboxylic acids is 2. The van der Waals surface area contributed by atoms with Gasteiger partial charge in [-0.15, -0.1) is 0 Å². The van der Waals surface area contributed by atoms with E-state index < -0.39 is 0 Å². The number of piperidine rings is 1. The molecule has 186 valence electrons. The summed E-state index contributed by atoms with van der Waals surface area (Å²) in [5.41, 5.74) is 4.58. The second kappa shape index (κ2) is 10.8. The van der Waals surface area contributed by atoms with Crippen LogP contribution < -0.4 is 4.90 Å². The molecular weight excluding hydrogens is 470 g/mol. The molecule has 0 spiro atoms. The highest BCUT2D eigenvalue weighted by Crippen LogP contribution is 2.35. The van der Waals surface area contributed by atoms with Gasteiger partial charge in [0, 0.05) is 56.3 Å². The second-order valence-corrected chi connectivity index (χ2v) is 10.3. The molecule has 36 heavy (non-hydrogen) atoms. The van der Waals surface area contributed by atoms with Crippen molar-refractivity contribution in [3.8, 4) is 0 Å². The summed E-state index contributed by atoms with van der Waals surface area (Å²) in [5.74, 6) is 0.293. The van der Waals surface area contributed by atoms with Crippen molar-refractivity contribution in [2.24, 2.45) is 5.92 Å². The largest absolute Gasteiger partial charge is 0.355 e. The van der Waals surface area contributed by atoms with Crippen LogP contribution >= 0.6 is 11.6 Å². The topological polar surface area (TPSA) is 43.9 Å². The molecule has 0 bridgehead atoms. The molecule has 1 fully saturated rings. The van der Waals surface area contributed by atoms with Crippen molar-refractivity contribution in [1.29, 1.82) is 0 Å². The summed E-state index contributed by atoms with van der Waals surface area (Å²) < 4.78 is 0. The van der Waals surface area contributed by atoms with Crippen LogP contribution in [0.4, 0.5) is 5.69 Å². The number of benzene rings is 3. The molecule has 2 aliphatic heterocycles. The Kier molecular flexibility index (Phi) is 7.28. The lowest BCUT2D eigenvalue weighted by atomic mass is 9.94. The molecule has 3 aromatic carbocycles. The van der Waals surface area contributed by atoms with Crippen LogP contribution in [0, 0.1) is 5.92 Å². The molecule has 2 heterocycles. The maximum atomic E-state index is 13.7. The molecule has 6 heteroatoms. The zero-order chi connectivity index (χ0) is 25.1. The molecule has 0 aromatic heterocycles. The number of para-hydroxylation sites is 1. The minimum Gasteiger partial charge on any atom is -0.355 e. The van der Waals surface area contributed by atoms with E-state index in [4.69, 9.17) is 11.6 Å². The Hall–Kier alpha value is -3.31. The maximum absolute atomic E-state index is 13.7. The van der Waals surface area contributed by atoms with Crippen LogP contribution in [-0.4, -0.2) is 47.8 Å². The predicted molar refractivity (Wildman–Crippen MR) is 144 cm³/mol. The average Bonchev–Trinajstić information content (AvgIpc) is 3.28. The van der Waals surface area contributed by atoms with Gasteiger partial charge in [-0.2, -0.15) is 0 Å². The van der Waals surface area contributed by atoms with Crippen molar-refractivity contribution in [1.82, 2.24) is 9.80 Å². The van der Waals surface area contributed by atoms with Crippen LogP contribution in [0.3, 0.4) is 0 Å². The number of hydrogen-bond donors (Lipinski definition) is 0. The van der Waals surface area contributed by atoms with Crippen LogP contribution in [0.25, 0.3) is 0 Å². The Bertz CT molecular complexity index is 1210. The molecule has 0 radical (unpaired) electrons. The molecule has 5 rings (SSSR count). The molecule has 0 saturated carbocycles. The van der Waals surface area contributed by atoms with Crippen molar-refractivity contribution in [2.75, 3.05) is 25.0 Å². The summed E-state index contributed by atoms with van der Waals surface area (Å²) in [4.78, 5) is 32.8. The minimum atomic E-state index is -0.230. The number of amides is 2. The average molecular weight is 502 g/mol. The monoisotopic (exact) mass is 501 g/mol. The van der Waals surface area contributed by atoms with E-state index in [1.54, 1.807) is 0 Å². The lowest BCUT2D eigenvalue weighted by Crippen LogP contribution is -2.51. The highest BCUT2D eigenvalue weighted by molar-refractivity contribution is 6.30. The van der Waals surface area contributed by atoms with Gasteiger partial charge in [0.2, 0.25) is 11.8 Å². The minimum absolute atomic E-state index is 0.0336. The van der Waals surface area contributed by atoms with Gasteiger partial charge in [0.05, 0.1) is 0 Å². The van der Waals surface area contributed by atoms with Gasteiger partial charge in [-0.25, -0.2) is 0 Å². The Morgan fingerprint density at radius 1 is 0.889 bits per heavy atom. The number of halogens is 1. The zero-order valence-corrected chi connectivity index (χ0v) is 21.4. The van der Waals surface area contributed by atoms with Gasteiger partial charge in [-0.3, -0.25) is 9.59 Å². The van der Waals surface area contributed by atoms with E-state index in [2.05, 4.69) is 17.0 Å². The van der Waals surface area contributed by atoms with Crippen molar-refractivity contribution >= 4 is 29.1 Å². The zero-order valence-electron chi connectivity index (χ0n) is 20.6. The lowest BCUT2D eigenvalue weighted by molar-refractivity contribution is -0.140. The lowest BCUT2D eigenvalue weighted by Gasteiger charge is -2.36. The van der Waals surface area contributed by atoms with E-state index in [0.717, 1.165) is 16.8 Å². The highest BCUT2D eigenvalue weighted by Gasteiger charge is 2.38. The van der Waals surface area contributed by atoms with Gasteiger partial charge >= 0.3 is 0 Å². The van der Waals surface area contributed by atoms with E-state index in [-0.39, 0.29) is 23.8 Å². The predicted octanol–water partition coefficient (Wildman–Crippen LogP) is 5.17. The summed E-state index contributed by atoms with van der Waals surface area (Å²) in [5, 5.41) is 0.708. The third-order valence-corrected chi connectivity index (χ3v) is 7.69. The SMILES string of the molecule is CN(Cc1ccccc1)C(=O)C1CCN(C(=O)C2Cc3ccccc3N2Cc2ccc(Cl)cc2)CC1. The number of nitrogens with zero attached hydrogens (tertiary/aromatic N) is 3. The van der Waals surface area contributed by atoms with Crippen molar-refractivity contribution in [3.63, 3.8) is 0 Å². The van der Waals surface area contributed by atoms with E-state index in [1.807, 2.05) is 83.6 Å². The number of anilines is 1. The smallest absolute Gasteiger partial charge is 0.245 e. The van der Waals surface area contributed by atoms with E-state index in [1.165, 1.54) is 5.56 Å². The first-order valence-electron chi connectivity index (χ1n) is 12.7.